The maximum Gasteiger partial charge on any atom is 0.232 e. The van der Waals surface area contributed by atoms with Crippen LogP contribution < -0.4 is 4.74 Å². The first-order valence-corrected chi connectivity index (χ1v) is 7.59. The van der Waals surface area contributed by atoms with Crippen LogP contribution in [0.5, 0.6) is 5.88 Å². The van der Waals surface area contributed by atoms with Gasteiger partial charge in [-0.3, -0.25) is 4.79 Å². The average molecular weight is 336 g/mol. The molecule has 4 rings (SSSR count). The number of aldehydes is 1. The van der Waals surface area contributed by atoms with Crippen molar-refractivity contribution in [2.24, 2.45) is 0 Å². The number of aryl methyl sites for hydroxylation is 1. The van der Waals surface area contributed by atoms with Crippen LogP contribution in [0.2, 0.25) is 0 Å². The predicted octanol–water partition coefficient (Wildman–Crippen LogP) is 4.31. The van der Waals surface area contributed by atoms with Crippen molar-refractivity contribution in [1.29, 1.82) is 0 Å². The summed E-state index contributed by atoms with van der Waals surface area (Å²) >= 11 is 0. The van der Waals surface area contributed by atoms with Gasteiger partial charge in [-0.2, -0.15) is 0 Å². The summed E-state index contributed by atoms with van der Waals surface area (Å²) in [5.41, 5.74) is 3.42. The van der Waals surface area contributed by atoms with Crippen LogP contribution in [0.3, 0.4) is 0 Å². The van der Waals surface area contributed by atoms with Crippen LogP contribution in [0.1, 0.15) is 15.9 Å². The zero-order valence-corrected chi connectivity index (χ0v) is 13.5. The third-order valence-electron chi connectivity index (χ3n) is 4.01. The summed E-state index contributed by atoms with van der Waals surface area (Å²) < 4.78 is 24.7. The van der Waals surface area contributed by atoms with Crippen molar-refractivity contribution in [3.8, 4) is 17.2 Å². The Morgan fingerprint density at radius 2 is 2.04 bits per heavy atom. The van der Waals surface area contributed by atoms with Crippen molar-refractivity contribution in [2.75, 3.05) is 7.11 Å². The number of carbonyl (C=O) groups is 1. The number of methoxy groups -OCH3 is 1. The third kappa shape index (κ3) is 2.52. The van der Waals surface area contributed by atoms with Crippen molar-refractivity contribution in [3.63, 3.8) is 0 Å². The lowest BCUT2D eigenvalue weighted by atomic mass is 10.1. The largest absolute Gasteiger partial charge is 0.480 e. The molecule has 124 valence electrons. The van der Waals surface area contributed by atoms with Gasteiger partial charge in [0, 0.05) is 17.0 Å². The summed E-state index contributed by atoms with van der Waals surface area (Å²) in [6, 6.07) is 8.29. The fraction of sp³-hybridized carbons (Fsp3) is 0.105. The number of furan rings is 1. The summed E-state index contributed by atoms with van der Waals surface area (Å²) in [4.78, 5) is 19.7. The minimum Gasteiger partial charge on any atom is -0.480 e. The highest BCUT2D eigenvalue weighted by Gasteiger charge is 2.15. The molecule has 0 radical (unpaired) electrons. The Bertz CT molecular complexity index is 1130. The van der Waals surface area contributed by atoms with Gasteiger partial charge >= 0.3 is 0 Å². The molecule has 0 spiro atoms. The Hall–Kier alpha value is -3.28. The number of benzene rings is 2. The van der Waals surface area contributed by atoms with Crippen LogP contribution in [-0.4, -0.2) is 23.4 Å². The lowest BCUT2D eigenvalue weighted by Crippen LogP contribution is -1.93. The van der Waals surface area contributed by atoms with Crippen molar-refractivity contribution in [3.05, 3.63) is 53.5 Å². The van der Waals surface area contributed by atoms with Gasteiger partial charge in [-0.15, -0.1) is 0 Å². The molecule has 0 fully saturated rings. The Morgan fingerprint density at radius 3 is 2.80 bits per heavy atom. The Kier molecular flexibility index (Phi) is 3.46. The van der Waals surface area contributed by atoms with E-state index in [4.69, 9.17) is 9.15 Å². The van der Waals surface area contributed by atoms with Crippen molar-refractivity contribution < 1.29 is 18.3 Å². The van der Waals surface area contributed by atoms with Crippen LogP contribution in [0.25, 0.3) is 33.3 Å². The number of aromatic nitrogens is 2. The van der Waals surface area contributed by atoms with Crippen LogP contribution in [0.4, 0.5) is 4.39 Å². The molecule has 0 unspecified atom stereocenters. The maximum absolute atomic E-state index is 13.8. The highest BCUT2D eigenvalue weighted by molar-refractivity contribution is 5.95. The molecule has 0 bridgehead atoms. The minimum atomic E-state index is -0.609. The summed E-state index contributed by atoms with van der Waals surface area (Å²) in [5.74, 6) is 0.346. The maximum atomic E-state index is 13.8. The van der Waals surface area contributed by atoms with Crippen molar-refractivity contribution in [1.82, 2.24) is 9.97 Å². The third-order valence-corrected chi connectivity index (χ3v) is 4.01. The molecule has 6 heteroatoms. The van der Waals surface area contributed by atoms with Gasteiger partial charge in [0.2, 0.25) is 5.88 Å². The van der Waals surface area contributed by atoms with E-state index in [1.54, 1.807) is 6.07 Å². The Balaban J connectivity index is 1.97. The molecule has 5 nitrogen and oxygen atoms in total. The van der Waals surface area contributed by atoms with Crippen LogP contribution >= 0.6 is 0 Å². The summed E-state index contributed by atoms with van der Waals surface area (Å²) in [5, 5.41) is 0.648. The number of fused-ring (bicyclic) bond motifs is 2. The van der Waals surface area contributed by atoms with E-state index in [1.165, 1.54) is 25.4 Å². The quantitative estimate of drug-likeness (QED) is 0.522. The number of ether oxygens (including phenoxy) is 1. The van der Waals surface area contributed by atoms with E-state index in [9.17, 15) is 9.18 Å². The van der Waals surface area contributed by atoms with Crippen LogP contribution in [0, 0.1) is 12.7 Å². The lowest BCUT2D eigenvalue weighted by Gasteiger charge is -2.06. The van der Waals surface area contributed by atoms with E-state index in [0.717, 1.165) is 11.1 Å². The van der Waals surface area contributed by atoms with Gasteiger partial charge in [-0.1, -0.05) is 0 Å². The summed E-state index contributed by atoms with van der Waals surface area (Å²) in [6.45, 7) is 1.94. The number of halogens is 1. The Labute approximate surface area is 142 Å². The number of carbonyl (C=O) groups excluding carboxylic acids is 1. The molecule has 0 amide bonds. The molecule has 0 atom stereocenters. The van der Waals surface area contributed by atoms with Gasteiger partial charge in [0.15, 0.2) is 6.29 Å². The normalized spacial score (nSPS) is 11.2. The van der Waals surface area contributed by atoms with Gasteiger partial charge in [0.25, 0.3) is 0 Å². The number of hydrogen-bond acceptors (Lipinski definition) is 5. The van der Waals surface area contributed by atoms with E-state index >= 15 is 0 Å². The Morgan fingerprint density at radius 1 is 1.20 bits per heavy atom. The van der Waals surface area contributed by atoms with E-state index in [0.29, 0.717) is 39.9 Å². The first-order valence-electron chi connectivity index (χ1n) is 7.59. The molecule has 2 heterocycles. The first-order chi connectivity index (χ1) is 12.1. The standard InChI is InChI=1S/C19H13FN2O3/c1-10-3-13(19-15(4-10)22-18(24-2)8-21-19)17-6-11-5-12(9-23)14(20)7-16(11)25-17/h3-9H,1-2H3. The van der Waals surface area contributed by atoms with Gasteiger partial charge < -0.3 is 9.15 Å². The molecule has 2 aromatic carbocycles. The molecular weight excluding hydrogens is 323 g/mol. The number of hydrogen-bond donors (Lipinski definition) is 0. The molecule has 0 saturated carbocycles. The molecule has 2 aromatic heterocycles. The second kappa shape index (κ2) is 5.66. The van der Waals surface area contributed by atoms with Crippen molar-refractivity contribution >= 4 is 28.3 Å². The van der Waals surface area contributed by atoms with E-state index in [1.807, 2.05) is 19.1 Å². The van der Waals surface area contributed by atoms with Gasteiger partial charge in [0.1, 0.15) is 17.2 Å². The van der Waals surface area contributed by atoms with Crippen LogP contribution in [-0.2, 0) is 0 Å². The molecule has 0 aliphatic heterocycles. The molecule has 0 aliphatic rings. The number of rotatable bonds is 3. The molecule has 0 aliphatic carbocycles. The summed E-state index contributed by atoms with van der Waals surface area (Å²) in [6.07, 6.45) is 2.02. The monoisotopic (exact) mass is 336 g/mol. The second-order valence-corrected chi connectivity index (χ2v) is 5.73. The molecule has 4 aromatic rings. The van der Waals surface area contributed by atoms with Crippen molar-refractivity contribution in [2.45, 2.75) is 6.92 Å². The van der Waals surface area contributed by atoms with E-state index < -0.39 is 5.82 Å². The molecular formula is C19H13FN2O3. The smallest absolute Gasteiger partial charge is 0.232 e. The predicted molar refractivity (Wildman–Crippen MR) is 91.4 cm³/mol. The minimum absolute atomic E-state index is 0.00141. The SMILES string of the molecule is COc1cnc2c(-c3cc4cc(C=O)c(F)cc4o3)cc(C)cc2n1. The fourth-order valence-electron chi connectivity index (χ4n) is 2.84. The topological polar surface area (TPSA) is 65.2 Å². The zero-order valence-electron chi connectivity index (χ0n) is 13.5. The lowest BCUT2D eigenvalue weighted by molar-refractivity contribution is 0.112. The first kappa shape index (κ1) is 15.3. The number of nitrogens with zero attached hydrogens (tertiary/aromatic N) is 2. The average Bonchev–Trinajstić information content (AvgIpc) is 3.02. The second-order valence-electron chi connectivity index (χ2n) is 5.73. The summed E-state index contributed by atoms with van der Waals surface area (Å²) in [7, 11) is 1.53. The van der Waals surface area contributed by atoms with Gasteiger partial charge in [-0.05, 0) is 36.8 Å². The van der Waals surface area contributed by atoms with E-state index in [2.05, 4.69) is 9.97 Å². The highest BCUT2D eigenvalue weighted by atomic mass is 19.1. The zero-order chi connectivity index (χ0) is 17.6. The molecule has 0 saturated heterocycles. The molecule has 0 N–H and O–H groups in total. The fourth-order valence-corrected chi connectivity index (χ4v) is 2.84. The molecule has 25 heavy (non-hydrogen) atoms. The van der Waals surface area contributed by atoms with Crippen LogP contribution in [0.15, 0.2) is 40.9 Å². The van der Waals surface area contributed by atoms with Gasteiger partial charge in [0.05, 0.1) is 29.9 Å². The highest BCUT2D eigenvalue weighted by Crippen LogP contribution is 2.33. The van der Waals surface area contributed by atoms with E-state index in [-0.39, 0.29) is 5.56 Å². The van der Waals surface area contributed by atoms with Gasteiger partial charge in [-0.25, -0.2) is 14.4 Å².